The van der Waals surface area contributed by atoms with E-state index in [1.54, 1.807) is 24.5 Å². The minimum Gasteiger partial charge on any atom is -0.489 e. The largest absolute Gasteiger partial charge is 0.489 e. The van der Waals surface area contributed by atoms with Gasteiger partial charge in [-0.25, -0.2) is 4.98 Å². The summed E-state index contributed by atoms with van der Waals surface area (Å²) in [5.41, 5.74) is 1.07. The number of fused-ring (bicyclic) bond motifs is 1. The molecule has 1 aliphatic rings. The van der Waals surface area contributed by atoms with Gasteiger partial charge in [0, 0.05) is 18.5 Å². The summed E-state index contributed by atoms with van der Waals surface area (Å²) in [5, 5.41) is 2.64. The van der Waals surface area contributed by atoms with Crippen LogP contribution in [0.5, 0.6) is 17.2 Å². The van der Waals surface area contributed by atoms with Gasteiger partial charge in [0.25, 0.3) is 5.91 Å². The molecule has 0 saturated heterocycles. The van der Waals surface area contributed by atoms with Crippen LogP contribution in [0.15, 0.2) is 60.9 Å². The Hall–Kier alpha value is -3.48. The minimum atomic E-state index is -0.767. The summed E-state index contributed by atoms with van der Waals surface area (Å²) in [6.07, 6.45) is 2.41. The Balaban J connectivity index is 1.41. The number of rotatable bonds is 5. The third kappa shape index (κ3) is 3.61. The smallest absolute Gasteiger partial charge is 0.271 e. The lowest BCUT2D eigenvalue weighted by Gasteiger charge is -2.25. The van der Waals surface area contributed by atoms with Gasteiger partial charge in [-0.05, 0) is 17.7 Å². The van der Waals surface area contributed by atoms with E-state index in [9.17, 15) is 4.79 Å². The summed E-state index contributed by atoms with van der Waals surface area (Å²) in [5.74, 6) is 1.73. The molecular weight excluding hydrogens is 334 g/mol. The number of hydrogen-bond donors (Lipinski definition) is 2. The van der Waals surface area contributed by atoms with Crippen LogP contribution in [0.25, 0.3) is 0 Å². The topological polar surface area (TPSA) is 85.5 Å². The van der Waals surface area contributed by atoms with Gasteiger partial charge in [-0.15, -0.1) is 0 Å². The van der Waals surface area contributed by atoms with Crippen molar-refractivity contribution in [3.8, 4) is 17.2 Å². The standard InChI is InChI=1S/C19H17N3O4/c23-18(22-19-20-8-9-21-19)17-12-25-15-7-6-14(10-16(15)26-17)24-11-13-4-2-1-3-5-13/h1-10,17H,11-12H2,(H2,20,21,22,23). The van der Waals surface area contributed by atoms with Crippen LogP contribution in [0, 0.1) is 0 Å². The van der Waals surface area contributed by atoms with Gasteiger partial charge in [-0.3, -0.25) is 10.1 Å². The average Bonchev–Trinajstić information content (AvgIpc) is 3.19. The Labute approximate surface area is 149 Å². The molecule has 1 aromatic heterocycles. The van der Waals surface area contributed by atoms with Crippen LogP contribution in [0.2, 0.25) is 0 Å². The predicted octanol–water partition coefficient (Wildman–Crippen LogP) is 2.77. The maximum absolute atomic E-state index is 12.3. The van der Waals surface area contributed by atoms with E-state index in [1.807, 2.05) is 36.4 Å². The van der Waals surface area contributed by atoms with Crippen molar-refractivity contribution in [2.24, 2.45) is 0 Å². The van der Waals surface area contributed by atoms with Gasteiger partial charge in [-0.1, -0.05) is 30.3 Å². The Kier molecular flexibility index (Phi) is 4.42. The van der Waals surface area contributed by atoms with Crippen LogP contribution in [0.1, 0.15) is 5.56 Å². The van der Waals surface area contributed by atoms with E-state index in [0.29, 0.717) is 29.8 Å². The highest BCUT2D eigenvalue weighted by Gasteiger charge is 2.28. The number of aromatic amines is 1. The summed E-state index contributed by atoms with van der Waals surface area (Å²) >= 11 is 0. The highest BCUT2D eigenvalue weighted by Crippen LogP contribution is 2.35. The van der Waals surface area contributed by atoms with E-state index in [4.69, 9.17) is 14.2 Å². The van der Waals surface area contributed by atoms with Gasteiger partial charge < -0.3 is 19.2 Å². The Morgan fingerprint density at radius 3 is 2.92 bits per heavy atom. The van der Waals surface area contributed by atoms with Crippen molar-refractivity contribution in [1.82, 2.24) is 9.97 Å². The lowest BCUT2D eigenvalue weighted by atomic mass is 10.2. The first-order valence-electron chi connectivity index (χ1n) is 8.18. The van der Waals surface area contributed by atoms with Crippen molar-refractivity contribution in [2.75, 3.05) is 11.9 Å². The van der Waals surface area contributed by atoms with Gasteiger partial charge in [-0.2, -0.15) is 0 Å². The minimum absolute atomic E-state index is 0.129. The number of ether oxygens (including phenoxy) is 3. The van der Waals surface area contributed by atoms with Crippen LogP contribution in [-0.2, 0) is 11.4 Å². The maximum atomic E-state index is 12.3. The number of carbonyl (C=O) groups excluding carboxylic acids is 1. The van der Waals surface area contributed by atoms with Crippen LogP contribution in [0.3, 0.4) is 0 Å². The zero-order chi connectivity index (χ0) is 17.8. The Morgan fingerprint density at radius 1 is 1.23 bits per heavy atom. The highest BCUT2D eigenvalue weighted by molar-refractivity contribution is 5.93. The van der Waals surface area contributed by atoms with Gasteiger partial charge >= 0.3 is 0 Å². The Bertz CT molecular complexity index is 881. The molecule has 2 N–H and O–H groups in total. The van der Waals surface area contributed by atoms with Crippen LogP contribution in [0.4, 0.5) is 5.95 Å². The number of amides is 1. The number of anilines is 1. The second kappa shape index (κ2) is 7.18. The molecule has 0 radical (unpaired) electrons. The first kappa shape index (κ1) is 16.0. The molecule has 1 unspecified atom stereocenters. The summed E-state index contributed by atoms with van der Waals surface area (Å²) in [6.45, 7) is 0.576. The van der Waals surface area contributed by atoms with Crippen molar-refractivity contribution >= 4 is 11.9 Å². The van der Waals surface area contributed by atoms with Crippen LogP contribution in [-0.4, -0.2) is 28.6 Å². The number of imidazole rings is 1. The second-order valence-corrected chi connectivity index (χ2v) is 5.73. The zero-order valence-corrected chi connectivity index (χ0v) is 13.8. The van der Waals surface area contributed by atoms with Gasteiger partial charge in [0.2, 0.25) is 12.1 Å². The van der Waals surface area contributed by atoms with E-state index >= 15 is 0 Å². The molecule has 7 heteroatoms. The zero-order valence-electron chi connectivity index (χ0n) is 13.8. The SMILES string of the molecule is O=C(Nc1ncc[nH]1)C1COc2ccc(OCc3ccccc3)cc2O1. The normalized spacial score (nSPS) is 15.3. The lowest BCUT2D eigenvalue weighted by molar-refractivity contribution is -0.125. The third-order valence-electron chi connectivity index (χ3n) is 3.86. The van der Waals surface area contributed by atoms with Crippen molar-refractivity contribution in [2.45, 2.75) is 12.7 Å². The molecule has 2 heterocycles. The molecule has 3 aromatic rings. The van der Waals surface area contributed by atoms with E-state index in [2.05, 4.69) is 15.3 Å². The molecule has 2 aromatic carbocycles. The fourth-order valence-corrected chi connectivity index (χ4v) is 2.54. The van der Waals surface area contributed by atoms with E-state index in [1.165, 1.54) is 0 Å². The molecule has 0 fully saturated rings. The van der Waals surface area contributed by atoms with E-state index in [0.717, 1.165) is 5.56 Å². The average molecular weight is 351 g/mol. The highest BCUT2D eigenvalue weighted by atomic mass is 16.6. The molecule has 1 amide bonds. The predicted molar refractivity (Wildman–Crippen MR) is 94.3 cm³/mol. The first-order chi connectivity index (χ1) is 12.8. The van der Waals surface area contributed by atoms with Gasteiger partial charge in [0.15, 0.2) is 11.5 Å². The summed E-state index contributed by atoms with van der Waals surface area (Å²) < 4.78 is 17.2. The number of nitrogens with zero attached hydrogens (tertiary/aromatic N) is 1. The molecule has 7 nitrogen and oxygen atoms in total. The summed E-state index contributed by atoms with van der Waals surface area (Å²) in [7, 11) is 0. The number of carbonyl (C=O) groups is 1. The quantitative estimate of drug-likeness (QED) is 0.738. The molecule has 132 valence electrons. The molecule has 0 saturated carbocycles. The number of benzene rings is 2. The number of H-pyrrole nitrogens is 1. The van der Waals surface area contributed by atoms with Crippen molar-refractivity contribution < 1.29 is 19.0 Å². The molecule has 0 spiro atoms. The molecule has 1 aliphatic heterocycles. The monoisotopic (exact) mass is 351 g/mol. The molecule has 0 bridgehead atoms. The van der Waals surface area contributed by atoms with Crippen molar-refractivity contribution in [1.29, 1.82) is 0 Å². The summed E-state index contributed by atoms with van der Waals surface area (Å²) in [4.78, 5) is 19.0. The molecule has 26 heavy (non-hydrogen) atoms. The van der Waals surface area contributed by atoms with Crippen LogP contribution >= 0.6 is 0 Å². The molecule has 1 atom stereocenters. The van der Waals surface area contributed by atoms with Crippen molar-refractivity contribution in [3.05, 3.63) is 66.5 Å². The maximum Gasteiger partial charge on any atom is 0.271 e. The van der Waals surface area contributed by atoms with E-state index in [-0.39, 0.29) is 12.5 Å². The van der Waals surface area contributed by atoms with Crippen molar-refractivity contribution in [3.63, 3.8) is 0 Å². The second-order valence-electron chi connectivity index (χ2n) is 5.73. The third-order valence-corrected chi connectivity index (χ3v) is 3.86. The van der Waals surface area contributed by atoms with Gasteiger partial charge in [0.05, 0.1) is 0 Å². The number of hydrogen-bond acceptors (Lipinski definition) is 5. The molecule has 0 aliphatic carbocycles. The first-order valence-corrected chi connectivity index (χ1v) is 8.18. The van der Waals surface area contributed by atoms with Crippen LogP contribution < -0.4 is 19.5 Å². The lowest BCUT2D eigenvalue weighted by Crippen LogP contribution is -2.40. The fraction of sp³-hybridized carbons (Fsp3) is 0.158. The number of nitrogens with one attached hydrogen (secondary N) is 2. The molecule has 4 rings (SSSR count). The molecular formula is C19H17N3O4. The van der Waals surface area contributed by atoms with E-state index < -0.39 is 6.10 Å². The van der Waals surface area contributed by atoms with Gasteiger partial charge in [0.1, 0.15) is 19.0 Å². The number of aromatic nitrogens is 2. The summed E-state index contributed by atoms with van der Waals surface area (Å²) in [6, 6.07) is 15.2. The fourth-order valence-electron chi connectivity index (χ4n) is 2.54. The Morgan fingerprint density at radius 2 is 2.12 bits per heavy atom.